The molecule has 0 saturated carbocycles. The molecule has 0 spiro atoms. The lowest BCUT2D eigenvalue weighted by molar-refractivity contribution is 0.0950. The van der Waals surface area contributed by atoms with Gasteiger partial charge < -0.3 is 14.8 Å². The van der Waals surface area contributed by atoms with E-state index in [9.17, 15) is 9.59 Å². The smallest absolute Gasteiger partial charge is 0.434 e. The van der Waals surface area contributed by atoms with Crippen molar-refractivity contribution in [2.45, 2.75) is 13.5 Å². The maximum atomic E-state index is 12.3. The average Bonchev–Trinajstić information content (AvgIpc) is 3.17. The first-order chi connectivity index (χ1) is 13.2. The summed E-state index contributed by atoms with van der Waals surface area (Å²) in [5.41, 5.74) is 2.01. The van der Waals surface area contributed by atoms with Crippen molar-refractivity contribution in [3.63, 3.8) is 0 Å². The van der Waals surface area contributed by atoms with Crippen LogP contribution in [0, 0.1) is 0 Å². The van der Waals surface area contributed by atoms with Gasteiger partial charge in [-0.15, -0.1) is 11.3 Å². The number of nitrogens with zero attached hydrogens (tertiary/aromatic N) is 2. The zero-order chi connectivity index (χ0) is 19.1. The summed E-state index contributed by atoms with van der Waals surface area (Å²) in [6.07, 6.45) is 0.940. The summed E-state index contributed by atoms with van der Waals surface area (Å²) in [6.45, 7) is 2.23. The number of hydrogen-bond donors (Lipinski definition) is 1. The molecule has 0 aliphatic rings. The first-order valence-electron chi connectivity index (χ1n) is 8.24. The highest BCUT2D eigenvalue weighted by molar-refractivity contribution is 7.13. The predicted octanol–water partition coefficient (Wildman–Crippen LogP) is 3.67. The summed E-state index contributed by atoms with van der Waals surface area (Å²) in [5.74, 6) is 0.0644. The number of amides is 1. The minimum atomic E-state index is -0.776. The molecule has 3 aromatic rings. The highest BCUT2D eigenvalue weighted by atomic mass is 32.1. The molecule has 0 fully saturated rings. The van der Waals surface area contributed by atoms with Crippen LogP contribution in [-0.2, 0) is 11.3 Å². The topological polar surface area (TPSA) is 90.4 Å². The Balaban J connectivity index is 1.55. The quantitative estimate of drug-likeness (QED) is 0.516. The fourth-order valence-corrected chi connectivity index (χ4v) is 2.98. The first kappa shape index (κ1) is 18.5. The predicted molar refractivity (Wildman–Crippen MR) is 101 cm³/mol. The van der Waals surface area contributed by atoms with Gasteiger partial charge in [0.15, 0.2) is 0 Å². The number of thiazole rings is 1. The van der Waals surface area contributed by atoms with Gasteiger partial charge in [-0.05, 0) is 43.3 Å². The van der Waals surface area contributed by atoms with E-state index < -0.39 is 6.16 Å². The molecule has 8 heteroatoms. The van der Waals surface area contributed by atoms with Gasteiger partial charge in [0, 0.05) is 17.1 Å². The molecule has 138 valence electrons. The van der Waals surface area contributed by atoms with E-state index in [1.165, 1.54) is 23.5 Å². The monoisotopic (exact) mass is 383 g/mol. The van der Waals surface area contributed by atoms with Crippen molar-refractivity contribution in [3.05, 3.63) is 65.3 Å². The fraction of sp³-hybridized carbons (Fsp3) is 0.158. The van der Waals surface area contributed by atoms with Gasteiger partial charge in [0.1, 0.15) is 10.8 Å². The molecule has 0 aliphatic heterocycles. The maximum absolute atomic E-state index is 12.3. The van der Waals surface area contributed by atoms with Gasteiger partial charge in [-0.2, -0.15) is 0 Å². The van der Waals surface area contributed by atoms with Gasteiger partial charge in [-0.1, -0.05) is 6.07 Å². The van der Waals surface area contributed by atoms with Crippen molar-refractivity contribution in [2.75, 3.05) is 6.61 Å². The van der Waals surface area contributed by atoms with Crippen LogP contribution in [0.15, 0.2) is 54.0 Å². The summed E-state index contributed by atoms with van der Waals surface area (Å²) < 4.78 is 9.65. The van der Waals surface area contributed by atoms with E-state index in [-0.39, 0.29) is 12.5 Å². The van der Waals surface area contributed by atoms with Crippen molar-refractivity contribution in [1.82, 2.24) is 15.3 Å². The molecular formula is C19H17N3O4S. The lowest BCUT2D eigenvalue weighted by atomic mass is 10.2. The van der Waals surface area contributed by atoms with E-state index in [1.807, 2.05) is 23.6 Å². The molecule has 0 unspecified atom stereocenters. The molecule has 27 heavy (non-hydrogen) atoms. The number of benzene rings is 1. The average molecular weight is 383 g/mol. The van der Waals surface area contributed by atoms with Crippen LogP contribution in [0.4, 0.5) is 4.79 Å². The number of hydrogen-bond acceptors (Lipinski definition) is 7. The van der Waals surface area contributed by atoms with Crippen LogP contribution in [0.1, 0.15) is 23.0 Å². The van der Waals surface area contributed by atoms with Crippen LogP contribution in [0.5, 0.6) is 5.75 Å². The van der Waals surface area contributed by atoms with Gasteiger partial charge in [0.2, 0.25) is 0 Å². The molecule has 2 aromatic heterocycles. The second-order valence-corrected chi connectivity index (χ2v) is 6.21. The zero-order valence-electron chi connectivity index (χ0n) is 14.5. The summed E-state index contributed by atoms with van der Waals surface area (Å²) in [5, 5.41) is 5.51. The fourth-order valence-electron chi connectivity index (χ4n) is 2.19. The van der Waals surface area contributed by atoms with E-state index >= 15 is 0 Å². The number of rotatable bonds is 6. The molecule has 7 nitrogen and oxygen atoms in total. The third kappa shape index (κ3) is 5.11. The summed E-state index contributed by atoms with van der Waals surface area (Å²) in [7, 11) is 0. The number of carbonyl (C=O) groups excluding carboxylic acids is 2. The van der Waals surface area contributed by atoms with Crippen molar-refractivity contribution in [2.24, 2.45) is 0 Å². The molecule has 1 amide bonds. The third-order valence-electron chi connectivity index (χ3n) is 3.45. The molecule has 0 atom stereocenters. The molecule has 0 aliphatic carbocycles. The van der Waals surface area contributed by atoms with Crippen LogP contribution < -0.4 is 10.1 Å². The molecule has 0 radical (unpaired) electrons. The summed E-state index contributed by atoms with van der Waals surface area (Å²) in [4.78, 5) is 32.3. The van der Waals surface area contributed by atoms with Crippen LogP contribution in [-0.4, -0.2) is 28.6 Å². The molecule has 3 rings (SSSR count). The van der Waals surface area contributed by atoms with Gasteiger partial charge in [-0.25, -0.2) is 9.78 Å². The van der Waals surface area contributed by atoms with Crippen LogP contribution in [0.25, 0.3) is 10.7 Å². The SMILES string of the molecule is CCOC(=O)Oc1ccc(C(=O)NCc2csc(-c3ccccn3)n2)cc1. The lowest BCUT2D eigenvalue weighted by Gasteiger charge is -2.06. The van der Waals surface area contributed by atoms with Gasteiger partial charge in [0.05, 0.1) is 24.5 Å². The Kier molecular flexibility index (Phi) is 6.11. The van der Waals surface area contributed by atoms with Gasteiger partial charge in [0.25, 0.3) is 5.91 Å². The Bertz CT molecular complexity index is 910. The summed E-state index contributed by atoms with van der Waals surface area (Å²) in [6, 6.07) is 11.9. The van der Waals surface area contributed by atoms with E-state index in [1.54, 1.807) is 25.3 Å². The second-order valence-electron chi connectivity index (χ2n) is 5.35. The van der Waals surface area contributed by atoms with Crippen molar-refractivity contribution >= 4 is 23.4 Å². The van der Waals surface area contributed by atoms with Gasteiger partial charge in [-0.3, -0.25) is 9.78 Å². The number of nitrogens with one attached hydrogen (secondary N) is 1. The van der Waals surface area contributed by atoms with E-state index in [2.05, 4.69) is 15.3 Å². The lowest BCUT2D eigenvalue weighted by Crippen LogP contribution is -2.22. The van der Waals surface area contributed by atoms with Gasteiger partial charge >= 0.3 is 6.16 Å². The van der Waals surface area contributed by atoms with Crippen LogP contribution >= 0.6 is 11.3 Å². The Morgan fingerprint density at radius 2 is 1.96 bits per heavy atom. The molecular weight excluding hydrogens is 366 g/mol. The molecule has 0 saturated heterocycles. The highest BCUT2D eigenvalue weighted by Gasteiger charge is 2.10. The number of carbonyl (C=O) groups is 2. The van der Waals surface area contributed by atoms with Crippen LogP contribution in [0.3, 0.4) is 0 Å². The second kappa shape index (κ2) is 8.91. The largest absolute Gasteiger partial charge is 0.513 e. The number of ether oxygens (including phenoxy) is 2. The first-order valence-corrected chi connectivity index (χ1v) is 9.12. The Morgan fingerprint density at radius 1 is 1.15 bits per heavy atom. The normalized spacial score (nSPS) is 10.3. The molecule has 1 aromatic carbocycles. The van der Waals surface area contributed by atoms with Crippen molar-refractivity contribution < 1.29 is 19.1 Å². The standard InChI is InChI=1S/C19H17N3O4S/c1-2-25-19(24)26-15-8-6-13(7-9-15)17(23)21-11-14-12-27-18(22-14)16-5-3-4-10-20-16/h3-10,12H,2,11H2,1H3,(H,21,23). The zero-order valence-corrected chi connectivity index (χ0v) is 15.4. The minimum absolute atomic E-state index is 0.234. The van der Waals surface area contributed by atoms with Crippen molar-refractivity contribution in [1.29, 1.82) is 0 Å². The number of pyridine rings is 1. The Labute approximate surface area is 160 Å². The highest BCUT2D eigenvalue weighted by Crippen LogP contribution is 2.21. The van der Waals surface area contributed by atoms with E-state index in [4.69, 9.17) is 9.47 Å². The Hall–Kier alpha value is -3.26. The molecule has 0 bridgehead atoms. The third-order valence-corrected chi connectivity index (χ3v) is 4.36. The maximum Gasteiger partial charge on any atom is 0.513 e. The summed E-state index contributed by atoms with van der Waals surface area (Å²) >= 11 is 1.48. The Morgan fingerprint density at radius 3 is 2.67 bits per heavy atom. The van der Waals surface area contributed by atoms with E-state index in [0.29, 0.717) is 17.9 Å². The number of aromatic nitrogens is 2. The molecule has 1 N–H and O–H groups in total. The minimum Gasteiger partial charge on any atom is -0.434 e. The molecule has 2 heterocycles. The van der Waals surface area contributed by atoms with Crippen molar-refractivity contribution in [3.8, 4) is 16.5 Å². The van der Waals surface area contributed by atoms with Crippen LogP contribution in [0.2, 0.25) is 0 Å². The van der Waals surface area contributed by atoms with E-state index in [0.717, 1.165) is 16.4 Å².